The van der Waals surface area contributed by atoms with Crippen molar-refractivity contribution >= 4 is 14.2 Å². The van der Waals surface area contributed by atoms with E-state index in [0.29, 0.717) is 44.3 Å². The Hall–Kier alpha value is -5.01. The normalized spacial score (nSPS) is 11.2. The molecule has 0 spiro atoms. The summed E-state index contributed by atoms with van der Waals surface area (Å²) >= 11 is 0. The van der Waals surface area contributed by atoms with E-state index in [0.717, 1.165) is 45.2 Å². The summed E-state index contributed by atoms with van der Waals surface area (Å²) in [6.45, 7) is 8.33. The van der Waals surface area contributed by atoms with Gasteiger partial charge in [0.1, 0.15) is 23.8 Å². The highest BCUT2D eigenvalue weighted by atomic mass is 31.2. The van der Waals surface area contributed by atoms with Crippen molar-refractivity contribution in [2.45, 2.75) is 19.4 Å². The Balaban J connectivity index is 1.32. The van der Waals surface area contributed by atoms with E-state index in [1.807, 2.05) is 83.4 Å². The topological polar surface area (TPSA) is 80.2 Å². The summed E-state index contributed by atoms with van der Waals surface area (Å²) in [7, 11) is -1.59. The highest BCUT2D eigenvalue weighted by Gasteiger charge is 2.21. The van der Waals surface area contributed by atoms with Gasteiger partial charge in [0, 0.05) is 18.2 Å². The maximum absolute atomic E-state index is 6.57. The van der Waals surface area contributed by atoms with Crippen LogP contribution in [0.4, 0.5) is 0 Å². The van der Waals surface area contributed by atoms with E-state index in [4.69, 9.17) is 32.7 Å². The van der Waals surface area contributed by atoms with Gasteiger partial charge in [0.15, 0.2) is 5.65 Å². The van der Waals surface area contributed by atoms with Gasteiger partial charge in [-0.2, -0.15) is 0 Å². The first kappa shape index (κ1) is 31.0. The highest BCUT2D eigenvalue weighted by molar-refractivity contribution is 7.42. The van der Waals surface area contributed by atoms with E-state index < -0.39 is 8.60 Å². The standard InChI is InChI=1S/C37H34N3O5P/c1-3-21-43-46(44-22-4-2)45-31-19-17-29(18-20-31)27-42-37-34(25-32-16-11-23-41-32)39-36-33(24-28-12-7-5-8-13-28)38-35(26-40(36)37)30-14-9-6-10-15-30/h3-20,23,26H,1-2,21-22,24-25,27H2. The van der Waals surface area contributed by atoms with Crippen molar-refractivity contribution in [2.24, 2.45) is 0 Å². The van der Waals surface area contributed by atoms with Gasteiger partial charge in [-0.3, -0.25) is 13.4 Å². The molecule has 0 aliphatic heterocycles. The fourth-order valence-corrected chi connectivity index (χ4v) is 5.77. The summed E-state index contributed by atoms with van der Waals surface area (Å²) in [4.78, 5) is 10.2. The zero-order chi connectivity index (χ0) is 31.6. The number of nitrogens with zero attached hydrogens (tertiary/aromatic N) is 3. The molecular formula is C37H34N3O5P. The predicted molar refractivity (Wildman–Crippen MR) is 180 cm³/mol. The molecule has 6 rings (SSSR count). The number of fused-ring (bicyclic) bond motifs is 1. The van der Waals surface area contributed by atoms with E-state index in [9.17, 15) is 0 Å². The smallest absolute Gasteiger partial charge is 0.397 e. The zero-order valence-corrected chi connectivity index (χ0v) is 26.2. The summed E-state index contributed by atoms with van der Waals surface area (Å²) in [6.07, 6.45) is 8.07. The van der Waals surface area contributed by atoms with Crippen LogP contribution in [0.2, 0.25) is 0 Å². The molecule has 0 bridgehead atoms. The monoisotopic (exact) mass is 631 g/mol. The van der Waals surface area contributed by atoms with E-state index in [1.165, 1.54) is 0 Å². The van der Waals surface area contributed by atoms with Gasteiger partial charge in [0.25, 0.3) is 0 Å². The summed E-state index contributed by atoms with van der Waals surface area (Å²) in [6, 6.07) is 31.9. The average molecular weight is 632 g/mol. The van der Waals surface area contributed by atoms with E-state index in [1.54, 1.807) is 18.4 Å². The maximum Gasteiger partial charge on any atom is 0.397 e. The minimum Gasteiger partial charge on any atom is -0.472 e. The summed E-state index contributed by atoms with van der Waals surface area (Å²) in [5.74, 6) is 2.06. The molecule has 0 amide bonds. The molecule has 0 radical (unpaired) electrons. The van der Waals surface area contributed by atoms with E-state index in [-0.39, 0.29) is 0 Å². The lowest BCUT2D eigenvalue weighted by atomic mass is 10.1. The second-order valence-corrected chi connectivity index (χ2v) is 11.5. The van der Waals surface area contributed by atoms with Crippen molar-refractivity contribution in [1.82, 2.24) is 14.4 Å². The zero-order valence-electron chi connectivity index (χ0n) is 25.3. The molecule has 0 aliphatic carbocycles. The minimum atomic E-state index is -1.59. The second-order valence-electron chi connectivity index (χ2n) is 10.3. The molecule has 0 N–H and O–H groups in total. The van der Waals surface area contributed by atoms with Crippen molar-refractivity contribution in [3.05, 3.63) is 163 Å². The quantitative estimate of drug-likeness (QED) is 0.0780. The van der Waals surface area contributed by atoms with Gasteiger partial charge in [-0.1, -0.05) is 84.9 Å². The van der Waals surface area contributed by atoms with Crippen LogP contribution < -0.4 is 9.26 Å². The Morgan fingerprint density at radius 2 is 1.46 bits per heavy atom. The summed E-state index contributed by atoms with van der Waals surface area (Å²) in [5, 5.41) is 0. The van der Waals surface area contributed by atoms with Crippen molar-refractivity contribution in [1.29, 1.82) is 0 Å². The number of benzene rings is 3. The van der Waals surface area contributed by atoms with Gasteiger partial charge >= 0.3 is 8.60 Å². The molecule has 0 saturated heterocycles. The number of aromatic nitrogens is 3. The van der Waals surface area contributed by atoms with Crippen LogP contribution in [0.5, 0.6) is 11.6 Å². The molecule has 0 atom stereocenters. The van der Waals surface area contributed by atoms with E-state index in [2.05, 4.69) is 37.4 Å². The third kappa shape index (κ3) is 7.79. The third-order valence-corrected chi connectivity index (χ3v) is 8.06. The van der Waals surface area contributed by atoms with Gasteiger partial charge in [0.05, 0.1) is 37.3 Å². The summed E-state index contributed by atoms with van der Waals surface area (Å²) in [5.41, 5.74) is 6.32. The van der Waals surface area contributed by atoms with Gasteiger partial charge in [0.2, 0.25) is 5.88 Å². The molecule has 232 valence electrons. The molecule has 6 aromatic rings. The lowest BCUT2D eigenvalue weighted by Gasteiger charge is -2.16. The molecule has 3 aromatic heterocycles. The fraction of sp³-hybridized carbons (Fsp3) is 0.135. The Morgan fingerprint density at radius 1 is 0.739 bits per heavy atom. The number of ether oxygens (including phenoxy) is 1. The van der Waals surface area contributed by atoms with Crippen LogP contribution in [0, 0.1) is 0 Å². The molecule has 3 aromatic carbocycles. The molecule has 0 saturated carbocycles. The van der Waals surface area contributed by atoms with Crippen LogP contribution in [0.15, 0.2) is 139 Å². The number of hydrogen-bond acceptors (Lipinski definition) is 7. The van der Waals surface area contributed by atoms with Crippen LogP contribution in [0.3, 0.4) is 0 Å². The van der Waals surface area contributed by atoms with Gasteiger partial charge in [-0.15, -0.1) is 13.2 Å². The molecule has 0 unspecified atom stereocenters. The van der Waals surface area contributed by atoms with E-state index >= 15 is 0 Å². The maximum atomic E-state index is 6.57. The van der Waals surface area contributed by atoms with Crippen molar-refractivity contribution in [3.63, 3.8) is 0 Å². The highest BCUT2D eigenvalue weighted by Crippen LogP contribution is 2.40. The molecular weight excluding hydrogens is 597 g/mol. The molecule has 3 heterocycles. The third-order valence-electron chi connectivity index (χ3n) is 6.98. The molecule has 9 heteroatoms. The SMILES string of the molecule is C=CCOP(OCC=C)Oc1ccc(COc2c(Cc3ccco3)nc3c(Cc4ccccc4)nc(-c4ccccc4)cn23)cc1. The lowest BCUT2D eigenvalue weighted by Crippen LogP contribution is -2.04. The number of furan rings is 1. The number of rotatable bonds is 16. The van der Waals surface area contributed by atoms with Crippen LogP contribution in [-0.4, -0.2) is 27.6 Å². The lowest BCUT2D eigenvalue weighted by molar-refractivity contribution is 0.238. The Morgan fingerprint density at radius 3 is 2.13 bits per heavy atom. The first-order valence-corrected chi connectivity index (χ1v) is 16.0. The van der Waals surface area contributed by atoms with Crippen molar-refractivity contribution in [3.8, 4) is 22.9 Å². The fourth-order valence-electron chi connectivity index (χ4n) is 4.84. The number of imidazole rings is 1. The molecule has 0 fully saturated rings. The van der Waals surface area contributed by atoms with Crippen LogP contribution in [-0.2, 0) is 28.5 Å². The Kier molecular flexibility index (Phi) is 10.3. The van der Waals surface area contributed by atoms with Gasteiger partial charge < -0.3 is 13.7 Å². The van der Waals surface area contributed by atoms with Crippen molar-refractivity contribution < 1.29 is 22.7 Å². The van der Waals surface area contributed by atoms with Gasteiger partial charge in [-0.25, -0.2) is 9.97 Å². The molecule has 8 nitrogen and oxygen atoms in total. The van der Waals surface area contributed by atoms with Crippen LogP contribution >= 0.6 is 8.60 Å². The van der Waals surface area contributed by atoms with Crippen LogP contribution in [0.1, 0.15) is 28.3 Å². The Labute approximate surface area is 269 Å². The number of hydrogen-bond donors (Lipinski definition) is 0. The molecule has 46 heavy (non-hydrogen) atoms. The average Bonchev–Trinajstić information content (AvgIpc) is 3.74. The van der Waals surface area contributed by atoms with Crippen molar-refractivity contribution in [2.75, 3.05) is 13.2 Å². The predicted octanol–water partition coefficient (Wildman–Crippen LogP) is 8.76. The first-order valence-electron chi connectivity index (χ1n) is 14.9. The first-order chi connectivity index (χ1) is 22.7. The van der Waals surface area contributed by atoms with Crippen LogP contribution in [0.25, 0.3) is 16.9 Å². The minimum absolute atomic E-state index is 0.310. The molecule has 0 aliphatic rings. The largest absolute Gasteiger partial charge is 0.472 e. The summed E-state index contributed by atoms with van der Waals surface area (Å²) < 4.78 is 31.5. The van der Waals surface area contributed by atoms with Gasteiger partial charge in [-0.05, 0) is 35.4 Å². The second kappa shape index (κ2) is 15.3. The Bertz CT molecular complexity index is 1850.